The van der Waals surface area contributed by atoms with Crippen molar-refractivity contribution in [2.24, 2.45) is 5.73 Å². The molecule has 5 heteroatoms. The monoisotopic (exact) mass is 289 g/mol. The maximum atomic E-state index is 10.6. The first-order valence-electron chi connectivity index (χ1n) is 4.86. The lowest BCUT2D eigenvalue weighted by Crippen LogP contribution is -2.11. The summed E-state index contributed by atoms with van der Waals surface area (Å²) in [6.45, 7) is 3.20. The standard InChI is InChI=1S/C7H6BrNO.C4H10O2/c8-6-4-2-1-3-5(6)7(9)10;1-2-6-4-3-5/h1-4H,(H2,9,10);5H,2-4H2,1H3. The Kier molecular flexibility index (Phi) is 8.80. The molecule has 1 rings (SSSR count). The van der Waals surface area contributed by atoms with Gasteiger partial charge in [-0.3, -0.25) is 4.79 Å². The average Bonchev–Trinajstić information content (AvgIpc) is 2.27. The summed E-state index contributed by atoms with van der Waals surface area (Å²) in [5.74, 6) is -0.410. The van der Waals surface area contributed by atoms with E-state index < -0.39 is 5.91 Å². The van der Waals surface area contributed by atoms with Crippen LogP contribution in [-0.2, 0) is 4.74 Å². The van der Waals surface area contributed by atoms with Crippen molar-refractivity contribution in [1.29, 1.82) is 0 Å². The Hall–Kier alpha value is -0.910. The topological polar surface area (TPSA) is 72.6 Å². The molecule has 90 valence electrons. The van der Waals surface area contributed by atoms with E-state index in [1.165, 1.54) is 0 Å². The van der Waals surface area contributed by atoms with Gasteiger partial charge in [0.2, 0.25) is 5.91 Å². The van der Waals surface area contributed by atoms with Crippen LogP contribution in [0.15, 0.2) is 28.7 Å². The number of aliphatic hydroxyl groups is 1. The van der Waals surface area contributed by atoms with Crippen LogP contribution >= 0.6 is 15.9 Å². The van der Waals surface area contributed by atoms with E-state index in [0.29, 0.717) is 18.8 Å². The highest BCUT2D eigenvalue weighted by Gasteiger charge is 2.02. The van der Waals surface area contributed by atoms with E-state index >= 15 is 0 Å². The maximum absolute atomic E-state index is 10.6. The number of carbonyl (C=O) groups is 1. The van der Waals surface area contributed by atoms with E-state index in [1.807, 2.05) is 13.0 Å². The fraction of sp³-hybridized carbons (Fsp3) is 0.364. The molecular weight excluding hydrogens is 274 g/mol. The molecular formula is C11H16BrNO3. The summed E-state index contributed by atoms with van der Waals surface area (Å²) in [4.78, 5) is 10.6. The summed E-state index contributed by atoms with van der Waals surface area (Å²) in [7, 11) is 0. The molecule has 0 atom stereocenters. The van der Waals surface area contributed by atoms with Crippen LogP contribution in [0.1, 0.15) is 17.3 Å². The van der Waals surface area contributed by atoms with Crippen LogP contribution in [0.25, 0.3) is 0 Å². The molecule has 0 unspecified atom stereocenters. The third-order valence-corrected chi connectivity index (χ3v) is 2.27. The number of carbonyl (C=O) groups excluding carboxylic acids is 1. The number of benzene rings is 1. The van der Waals surface area contributed by atoms with Crippen LogP contribution in [0, 0.1) is 0 Å². The smallest absolute Gasteiger partial charge is 0.249 e. The second-order valence-corrected chi connectivity index (χ2v) is 3.62. The van der Waals surface area contributed by atoms with Crippen LogP contribution < -0.4 is 5.73 Å². The van der Waals surface area contributed by atoms with Crippen molar-refractivity contribution < 1.29 is 14.6 Å². The first-order valence-corrected chi connectivity index (χ1v) is 5.65. The van der Waals surface area contributed by atoms with Gasteiger partial charge in [-0.05, 0) is 35.0 Å². The van der Waals surface area contributed by atoms with Crippen LogP contribution in [0.3, 0.4) is 0 Å². The molecule has 0 aliphatic heterocycles. The van der Waals surface area contributed by atoms with Crippen LogP contribution in [0.4, 0.5) is 0 Å². The molecule has 0 aliphatic rings. The lowest BCUT2D eigenvalue weighted by molar-refractivity contribution is 0.0999. The predicted molar refractivity (Wildman–Crippen MR) is 66.2 cm³/mol. The molecule has 0 bridgehead atoms. The minimum absolute atomic E-state index is 0.133. The molecule has 16 heavy (non-hydrogen) atoms. The molecule has 0 saturated carbocycles. The van der Waals surface area contributed by atoms with Gasteiger partial charge in [0, 0.05) is 11.1 Å². The lowest BCUT2D eigenvalue weighted by atomic mass is 10.2. The van der Waals surface area contributed by atoms with Gasteiger partial charge in [0.05, 0.1) is 18.8 Å². The average molecular weight is 290 g/mol. The Morgan fingerprint density at radius 3 is 2.44 bits per heavy atom. The second kappa shape index (κ2) is 9.33. The number of rotatable bonds is 4. The molecule has 1 amide bonds. The van der Waals surface area contributed by atoms with E-state index in [0.717, 1.165) is 4.47 Å². The van der Waals surface area contributed by atoms with Crippen molar-refractivity contribution >= 4 is 21.8 Å². The van der Waals surface area contributed by atoms with Gasteiger partial charge in [-0.25, -0.2) is 0 Å². The van der Waals surface area contributed by atoms with Gasteiger partial charge in [-0.1, -0.05) is 12.1 Å². The van der Waals surface area contributed by atoms with Crippen molar-refractivity contribution in [3.63, 3.8) is 0 Å². The molecule has 3 N–H and O–H groups in total. The van der Waals surface area contributed by atoms with Gasteiger partial charge in [-0.2, -0.15) is 0 Å². The molecule has 1 aromatic rings. The lowest BCUT2D eigenvalue weighted by Gasteiger charge is -1.95. The summed E-state index contributed by atoms with van der Waals surface area (Å²) in [5.41, 5.74) is 5.56. The van der Waals surface area contributed by atoms with Crippen LogP contribution in [0.5, 0.6) is 0 Å². The van der Waals surface area contributed by atoms with Gasteiger partial charge in [0.15, 0.2) is 0 Å². The fourth-order valence-electron chi connectivity index (χ4n) is 0.870. The number of halogens is 1. The Balaban J connectivity index is 0.000000325. The van der Waals surface area contributed by atoms with Crippen molar-refractivity contribution in [3.05, 3.63) is 34.3 Å². The molecule has 0 fully saturated rings. The van der Waals surface area contributed by atoms with Crippen LogP contribution in [-0.4, -0.2) is 30.8 Å². The van der Waals surface area contributed by atoms with Gasteiger partial charge in [0.25, 0.3) is 0 Å². The van der Waals surface area contributed by atoms with E-state index in [9.17, 15) is 4.79 Å². The molecule has 0 radical (unpaired) electrons. The van der Waals surface area contributed by atoms with Crippen molar-refractivity contribution in [3.8, 4) is 0 Å². The quantitative estimate of drug-likeness (QED) is 0.827. The molecule has 0 aromatic heterocycles. The first kappa shape index (κ1) is 15.1. The second-order valence-electron chi connectivity index (χ2n) is 2.76. The third kappa shape index (κ3) is 6.55. The van der Waals surface area contributed by atoms with Gasteiger partial charge >= 0.3 is 0 Å². The number of amides is 1. The minimum atomic E-state index is -0.410. The highest BCUT2D eigenvalue weighted by molar-refractivity contribution is 9.10. The normalized spacial score (nSPS) is 9.19. The minimum Gasteiger partial charge on any atom is -0.394 e. The van der Waals surface area contributed by atoms with E-state index in [1.54, 1.807) is 18.2 Å². The summed E-state index contributed by atoms with van der Waals surface area (Å²) in [6, 6.07) is 7.05. The number of ether oxygens (including phenoxy) is 1. The molecule has 0 aliphatic carbocycles. The maximum Gasteiger partial charge on any atom is 0.249 e. The number of aliphatic hydroxyl groups excluding tert-OH is 1. The van der Waals surface area contributed by atoms with Crippen molar-refractivity contribution in [2.45, 2.75) is 6.92 Å². The van der Waals surface area contributed by atoms with Crippen molar-refractivity contribution in [2.75, 3.05) is 19.8 Å². The summed E-state index contributed by atoms with van der Waals surface area (Å²) >= 11 is 3.20. The van der Waals surface area contributed by atoms with E-state index in [4.69, 9.17) is 15.6 Å². The van der Waals surface area contributed by atoms with E-state index in [-0.39, 0.29) is 6.61 Å². The molecule has 0 heterocycles. The Bertz CT molecular complexity index is 314. The highest BCUT2D eigenvalue weighted by Crippen LogP contribution is 2.14. The third-order valence-electron chi connectivity index (χ3n) is 1.58. The SMILES string of the molecule is CCOCCO.NC(=O)c1ccccc1Br. The zero-order valence-electron chi connectivity index (χ0n) is 9.15. The Morgan fingerprint density at radius 1 is 1.50 bits per heavy atom. The van der Waals surface area contributed by atoms with Crippen LogP contribution in [0.2, 0.25) is 0 Å². The summed E-state index contributed by atoms with van der Waals surface area (Å²) in [5, 5.41) is 8.07. The highest BCUT2D eigenvalue weighted by atomic mass is 79.9. The van der Waals surface area contributed by atoms with E-state index in [2.05, 4.69) is 15.9 Å². The largest absolute Gasteiger partial charge is 0.394 e. The fourth-order valence-corrected chi connectivity index (χ4v) is 1.35. The predicted octanol–water partition coefficient (Wildman–Crippen LogP) is 1.56. The molecule has 0 saturated heterocycles. The number of nitrogens with two attached hydrogens (primary N) is 1. The van der Waals surface area contributed by atoms with Gasteiger partial charge < -0.3 is 15.6 Å². The Morgan fingerprint density at radius 2 is 2.12 bits per heavy atom. The van der Waals surface area contributed by atoms with Gasteiger partial charge in [0.1, 0.15) is 0 Å². The molecule has 0 spiro atoms. The summed E-state index contributed by atoms with van der Waals surface area (Å²) < 4.78 is 5.47. The van der Waals surface area contributed by atoms with Crippen molar-refractivity contribution in [1.82, 2.24) is 0 Å². The number of primary amides is 1. The molecule has 1 aromatic carbocycles. The summed E-state index contributed by atoms with van der Waals surface area (Å²) in [6.07, 6.45) is 0. The number of hydrogen-bond acceptors (Lipinski definition) is 3. The Labute approximate surface area is 104 Å². The number of hydrogen-bond donors (Lipinski definition) is 2. The van der Waals surface area contributed by atoms with Gasteiger partial charge in [-0.15, -0.1) is 0 Å². The zero-order chi connectivity index (χ0) is 12.4. The zero-order valence-corrected chi connectivity index (χ0v) is 10.7. The first-order chi connectivity index (χ1) is 7.63. The molecule has 4 nitrogen and oxygen atoms in total.